The molecule has 1 N–H and O–H groups in total. The Morgan fingerprint density at radius 3 is 3.06 bits per heavy atom. The molecule has 0 aliphatic rings. The minimum Gasteiger partial charge on any atom is -0.464 e. The van der Waals surface area contributed by atoms with E-state index in [0.29, 0.717) is 0 Å². The zero-order chi connectivity index (χ0) is 11.2. The van der Waals surface area contributed by atoms with E-state index in [-0.39, 0.29) is 0 Å². The molecule has 1 aromatic heterocycles. The summed E-state index contributed by atoms with van der Waals surface area (Å²) in [7, 11) is 0. The van der Waals surface area contributed by atoms with Gasteiger partial charge in [0, 0.05) is 30.6 Å². The van der Waals surface area contributed by atoms with Crippen LogP contribution in [0.4, 0.5) is 0 Å². The Morgan fingerprint density at radius 1 is 1.31 bits per heavy atom. The van der Waals surface area contributed by atoms with Crippen molar-refractivity contribution in [3.05, 3.63) is 36.1 Å². The molecule has 0 spiro atoms. The summed E-state index contributed by atoms with van der Waals surface area (Å²) in [5.74, 6) is 0. The van der Waals surface area contributed by atoms with E-state index in [1.165, 1.54) is 10.9 Å². The lowest BCUT2D eigenvalue weighted by Gasteiger charge is -2.03. The molecule has 0 unspecified atom stereocenters. The van der Waals surface area contributed by atoms with E-state index >= 15 is 0 Å². The summed E-state index contributed by atoms with van der Waals surface area (Å²) in [6.07, 6.45) is 1.82. The number of hydrogen-bond acceptors (Lipinski definition) is 3. The second-order valence-corrected chi connectivity index (χ2v) is 3.63. The first-order valence-electron chi connectivity index (χ1n) is 5.65. The Bertz CT molecular complexity index is 436. The van der Waals surface area contributed by atoms with Gasteiger partial charge in [-0.25, -0.2) is 0 Å². The van der Waals surface area contributed by atoms with Crippen molar-refractivity contribution < 1.29 is 9.15 Å². The summed E-state index contributed by atoms with van der Waals surface area (Å²) in [5.41, 5.74) is 2.15. The van der Waals surface area contributed by atoms with E-state index in [1.807, 2.05) is 31.4 Å². The van der Waals surface area contributed by atoms with Crippen molar-refractivity contribution >= 4 is 11.0 Å². The fourth-order valence-corrected chi connectivity index (χ4v) is 1.68. The molecule has 0 saturated heterocycles. The molecule has 0 atom stereocenters. The van der Waals surface area contributed by atoms with Gasteiger partial charge in [0.25, 0.3) is 0 Å². The molecular formula is C13H17NO2. The topological polar surface area (TPSA) is 34.4 Å². The molecule has 2 aromatic rings. The smallest absolute Gasteiger partial charge is 0.134 e. The van der Waals surface area contributed by atoms with Crippen molar-refractivity contribution in [2.24, 2.45) is 0 Å². The van der Waals surface area contributed by atoms with Crippen molar-refractivity contribution in [1.82, 2.24) is 5.32 Å². The minimum absolute atomic E-state index is 0.756. The van der Waals surface area contributed by atoms with Gasteiger partial charge in [0.2, 0.25) is 0 Å². The Labute approximate surface area is 95.4 Å². The summed E-state index contributed by atoms with van der Waals surface area (Å²) in [4.78, 5) is 0. The summed E-state index contributed by atoms with van der Waals surface area (Å²) in [5, 5.41) is 4.52. The van der Waals surface area contributed by atoms with E-state index < -0.39 is 0 Å². The third-order valence-electron chi connectivity index (χ3n) is 2.50. The van der Waals surface area contributed by atoms with Crippen molar-refractivity contribution in [2.75, 3.05) is 19.8 Å². The van der Waals surface area contributed by atoms with Gasteiger partial charge in [0.1, 0.15) is 5.58 Å². The van der Waals surface area contributed by atoms with Crippen LogP contribution < -0.4 is 5.32 Å². The standard InChI is InChI=1S/C13H17NO2/c1-2-15-8-7-14-9-11-10-16-13-6-4-3-5-12(11)13/h3-6,10,14H,2,7-9H2,1H3. The maximum absolute atomic E-state index is 5.46. The monoisotopic (exact) mass is 219 g/mol. The zero-order valence-corrected chi connectivity index (χ0v) is 9.53. The molecule has 1 aromatic carbocycles. The Hall–Kier alpha value is -1.32. The lowest BCUT2D eigenvalue weighted by atomic mass is 10.2. The molecular weight excluding hydrogens is 202 g/mol. The number of nitrogens with one attached hydrogen (secondary N) is 1. The van der Waals surface area contributed by atoms with Gasteiger partial charge in [0.05, 0.1) is 12.9 Å². The van der Waals surface area contributed by atoms with Gasteiger partial charge in [-0.05, 0) is 13.0 Å². The molecule has 86 valence electrons. The number of rotatable bonds is 6. The molecule has 0 fully saturated rings. The summed E-state index contributed by atoms with van der Waals surface area (Å²) in [6, 6.07) is 8.08. The minimum atomic E-state index is 0.756. The van der Waals surface area contributed by atoms with Crippen LogP contribution in [0.1, 0.15) is 12.5 Å². The van der Waals surface area contributed by atoms with Gasteiger partial charge in [-0.3, -0.25) is 0 Å². The quantitative estimate of drug-likeness (QED) is 0.758. The fourth-order valence-electron chi connectivity index (χ4n) is 1.68. The highest BCUT2D eigenvalue weighted by atomic mass is 16.5. The molecule has 1 heterocycles. The van der Waals surface area contributed by atoms with Gasteiger partial charge in [0.15, 0.2) is 0 Å². The highest BCUT2D eigenvalue weighted by Crippen LogP contribution is 2.20. The fraction of sp³-hybridized carbons (Fsp3) is 0.385. The van der Waals surface area contributed by atoms with Crippen molar-refractivity contribution in [3.8, 4) is 0 Å². The van der Waals surface area contributed by atoms with Crippen LogP contribution in [0.2, 0.25) is 0 Å². The molecule has 0 aliphatic carbocycles. The first-order chi connectivity index (χ1) is 7.92. The second kappa shape index (κ2) is 5.68. The highest BCUT2D eigenvalue weighted by Gasteiger charge is 2.03. The molecule has 3 nitrogen and oxygen atoms in total. The second-order valence-electron chi connectivity index (χ2n) is 3.63. The van der Waals surface area contributed by atoms with Gasteiger partial charge in [-0.1, -0.05) is 18.2 Å². The van der Waals surface area contributed by atoms with Crippen molar-refractivity contribution in [1.29, 1.82) is 0 Å². The SMILES string of the molecule is CCOCCNCc1coc2ccccc12. The third-order valence-corrected chi connectivity index (χ3v) is 2.50. The Balaban J connectivity index is 1.89. The summed E-state index contributed by atoms with van der Waals surface area (Å²) in [6.45, 7) is 5.23. The summed E-state index contributed by atoms with van der Waals surface area (Å²) < 4.78 is 10.7. The number of fused-ring (bicyclic) bond motifs is 1. The predicted molar refractivity (Wildman–Crippen MR) is 64.4 cm³/mol. The average molecular weight is 219 g/mol. The molecule has 0 bridgehead atoms. The van der Waals surface area contributed by atoms with Crippen LogP contribution in [-0.2, 0) is 11.3 Å². The molecule has 0 aliphatic heterocycles. The predicted octanol–water partition coefficient (Wildman–Crippen LogP) is 2.56. The molecule has 3 heteroatoms. The van der Waals surface area contributed by atoms with E-state index in [9.17, 15) is 0 Å². The van der Waals surface area contributed by atoms with Crippen LogP contribution in [0.15, 0.2) is 34.9 Å². The van der Waals surface area contributed by atoms with Crippen molar-refractivity contribution in [3.63, 3.8) is 0 Å². The first kappa shape index (κ1) is 11.2. The largest absolute Gasteiger partial charge is 0.464 e. The number of para-hydroxylation sites is 1. The zero-order valence-electron chi connectivity index (χ0n) is 9.53. The third kappa shape index (κ3) is 2.62. The lowest BCUT2D eigenvalue weighted by molar-refractivity contribution is 0.149. The molecule has 16 heavy (non-hydrogen) atoms. The van der Waals surface area contributed by atoms with Crippen LogP contribution in [0.25, 0.3) is 11.0 Å². The lowest BCUT2D eigenvalue weighted by Crippen LogP contribution is -2.18. The van der Waals surface area contributed by atoms with E-state index in [2.05, 4.69) is 11.4 Å². The molecule has 0 radical (unpaired) electrons. The Morgan fingerprint density at radius 2 is 2.19 bits per heavy atom. The van der Waals surface area contributed by atoms with Gasteiger partial charge < -0.3 is 14.5 Å². The normalized spacial score (nSPS) is 11.1. The number of hydrogen-bond donors (Lipinski definition) is 1. The van der Waals surface area contributed by atoms with E-state index in [1.54, 1.807) is 0 Å². The van der Waals surface area contributed by atoms with Crippen LogP contribution in [0, 0.1) is 0 Å². The van der Waals surface area contributed by atoms with Crippen molar-refractivity contribution in [2.45, 2.75) is 13.5 Å². The van der Waals surface area contributed by atoms with E-state index in [0.717, 1.165) is 31.9 Å². The number of benzene rings is 1. The summed E-state index contributed by atoms with van der Waals surface area (Å²) >= 11 is 0. The molecule has 0 amide bonds. The van der Waals surface area contributed by atoms with Crippen LogP contribution in [0.5, 0.6) is 0 Å². The number of ether oxygens (including phenoxy) is 1. The average Bonchev–Trinajstić information content (AvgIpc) is 2.73. The number of furan rings is 1. The maximum atomic E-state index is 5.46. The van der Waals surface area contributed by atoms with Crippen LogP contribution >= 0.6 is 0 Å². The van der Waals surface area contributed by atoms with E-state index in [4.69, 9.17) is 9.15 Å². The Kier molecular flexibility index (Phi) is 3.97. The highest BCUT2D eigenvalue weighted by molar-refractivity contribution is 5.80. The maximum Gasteiger partial charge on any atom is 0.134 e. The van der Waals surface area contributed by atoms with Gasteiger partial charge >= 0.3 is 0 Å². The van der Waals surface area contributed by atoms with Crippen LogP contribution in [-0.4, -0.2) is 19.8 Å². The first-order valence-corrected chi connectivity index (χ1v) is 5.65. The van der Waals surface area contributed by atoms with Gasteiger partial charge in [-0.15, -0.1) is 0 Å². The van der Waals surface area contributed by atoms with Gasteiger partial charge in [-0.2, -0.15) is 0 Å². The van der Waals surface area contributed by atoms with Crippen LogP contribution in [0.3, 0.4) is 0 Å². The molecule has 0 saturated carbocycles. The molecule has 2 rings (SSSR count).